The van der Waals surface area contributed by atoms with Gasteiger partial charge in [-0.05, 0) is 24.8 Å². The molecule has 0 heterocycles. The van der Waals surface area contributed by atoms with E-state index in [-0.39, 0.29) is 0 Å². The highest BCUT2D eigenvalue weighted by Gasteiger charge is 2.30. The fourth-order valence-electron chi connectivity index (χ4n) is 1.64. The molecule has 0 bridgehead atoms. The first-order valence-electron chi connectivity index (χ1n) is 5.43. The van der Waals surface area contributed by atoms with Gasteiger partial charge in [-0.2, -0.15) is 0 Å². The maximum absolute atomic E-state index is 11.7. The van der Waals surface area contributed by atoms with Crippen molar-refractivity contribution in [2.45, 2.75) is 19.3 Å². The minimum atomic E-state index is 0.313. The fraction of sp³-hybridized carbons (Fsp3) is 0.462. The molecule has 15 heavy (non-hydrogen) atoms. The van der Waals surface area contributed by atoms with Crippen molar-refractivity contribution in [3.8, 4) is 0 Å². The Labute approximate surface area is 90.3 Å². The van der Waals surface area contributed by atoms with Crippen molar-refractivity contribution < 1.29 is 9.53 Å². The number of carbonyl (C=O) groups is 1. The predicted octanol–water partition coefficient (Wildman–Crippen LogP) is 2.47. The monoisotopic (exact) mass is 204 g/mol. The molecule has 80 valence electrons. The molecule has 0 aromatic heterocycles. The van der Waals surface area contributed by atoms with Crippen LogP contribution in [0.1, 0.15) is 28.8 Å². The fourth-order valence-corrected chi connectivity index (χ4v) is 1.64. The maximum atomic E-state index is 11.7. The van der Waals surface area contributed by atoms with Crippen LogP contribution in [0.2, 0.25) is 0 Å². The van der Waals surface area contributed by atoms with Crippen LogP contribution in [-0.2, 0) is 11.2 Å². The number of ketones is 1. The lowest BCUT2D eigenvalue weighted by atomic mass is 10.0. The highest BCUT2D eigenvalue weighted by Crippen LogP contribution is 2.32. The highest BCUT2D eigenvalue weighted by atomic mass is 16.5. The van der Waals surface area contributed by atoms with Gasteiger partial charge in [0.05, 0.1) is 6.61 Å². The molecule has 0 atom stereocenters. The van der Waals surface area contributed by atoms with E-state index in [1.165, 1.54) is 5.56 Å². The van der Waals surface area contributed by atoms with Crippen molar-refractivity contribution in [3.05, 3.63) is 35.4 Å². The van der Waals surface area contributed by atoms with Crippen molar-refractivity contribution in [1.29, 1.82) is 0 Å². The summed E-state index contributed by atoms with van der Waals surface area (Å²) in [5.74, 6) is 0.628. The number of methoxy groups -OCH3 is 1. The van der Waals surface area contributed by atoms with Gasteiger partial charge in [-0.15, -0.1) is 0 Å². The van der Waals surface area contributed by atoms with Gasteiger partial charge in [-0.3, -0.25) is 4.79 Å². The first kappa shape index (κ1) is 10.4. The van der Waals surface area contributed by atoms with E-state index in [1.54, 1.807) is 7.11 Å². The average molecular weight is 204 g/mol. The van der Waals surface area contributed by atoms with Crippen LogP contribution in [-0.4, -0.2) is 19.5 Å². The van der Waals surface area contributed by atoms with E-state index < -0.39 is 0 Å². The summed E-state index contributed by atoms with van der Waals surface area (Å²) < 4.78 is 5.00. The first-order chi connectivity index (χ1) is 7.31. The summed E-state index contributed by atoms with van der Waals surface area (Å²) in [5, 5.41) is 0. The molecule has 0 radical (unpaired) electrons. The van der Waals surface area contributed by atoms with Gasteiger partial charge in [0.2, 0.25) is 0 Å². The molecular formula is C13H16O2. The summed E-state index contributed by atoms with van der Waals surface area (Å²) in [5.41, 5.74) is 2.09. The van der Waals surface area contributed by atoms with Crippen LogP contribution in [0.15, 0.2) is 24.3 Å². The van der Waals surface area contributed by atoms with Gasteiger partial charge in [0.15, 0.2) is 5.78 Å². The van der Waals surface area contributed by atoms with E-state index in [2.05, 4.69) is 0 Å². The second-order valence-corrected chi connectivity index (χ2v) is 4.08. The topological polar surface area (TPSA) is 26.3 Å². The molecule has 1 fully saturated rings. The van der Waals surface area contributed by atoms with Crippen LogP contribution in [0.5, 0.6) is 0 Å². The molecule has 0 amide bonds. The molecule has 1 aromatic rings. The molecule has 2 nitrogen and oxygen atoms in total. The maximum Gasteiger partial charge on any atom is 0.165 e. The van der Waals surface area contributed by atoms with Gasteiger partial charge < -0.3 is 4.74 Å². The summed E-state index contributed by atoms with van der Waals surface area (Å²) in [6, 6.07) is 7.92. The van der Waals surface area contributed by atoms with E-state index >= 15 is 0 Å². The second kappa shape index (κ2) is 4.58. The van der Waals surface area contributed by atoms with E-state index in [0.717, 1.165) is 31.4 Å². The minimum absolute atomic E-state index is 0.313. The molecule has 0 spiro atoms. The lowest BCUT2D eigenvalue weighted by Crippen LogP contribution is -2.01. The zero-order chi connectivity index (χ0) is 10.7. The van der Waals surface area contributed by atoms with Crippen molar-refractivity contribution in [2.24, 2.45) is 5.92 Å². The molecular weight excluding hydrogens is 188 g/mol. The Morgan fingerprint density at radius 1 is 1.33 bits per heavy atom. The SMILES string of the molecule is COCCc1ccc(C(=O)C2CC2)cc1. The van der Waals surface area contributed by atoms with Crippen LogP contribution in [0.3, 0.4) is 0 Å². The zero-order valence-electron chi connectivity index (χ0n) is 9.03. The van der Waals surface area contributed by atoms with E-state index in [0.29, 0.717) is 11.7 Å². The van der Waals surface area contributed by atoms with Crippen LogP contribution in [0, 0.1) is 5.92 Å². The molecule has 2 rings (SSSR count). The minimum Gasteiger partial charge on any atom is -0.384 e. The number of hydrogen-bond acceptors (Lipinski definition) is 2. The third-order valence-corrected chi connectivity index (χ3v) is 2.78. The van der Waals surface area contributed by atoms with Gasteiger partial charge in [0.1, 0.15) is 0 Å². The quantitative estimate of drug-likeness (QED) is 0.689. The molecule has 0 saturated heterocycles. The van der Waals surface area contributed by atoms with Gasteiger partial charge in [-0.1, -0.05) is 24.3 Å². The lowest BCUT2D eigenvalue weighted by Gasteiger charge is -2.02. The molecule has 0 aliphatic heterocycles. The van der Waals surface area contributed by atoms with Gasteiger partial charge >= 0.3 is 0 Å². The lowest BCUT2D eigenvalue weighted by molar-refractivity contribution is 0.0967. The van der Waals surface area contributed by atoms with Gasteiger partial charge in [0, 0.05) is 18.6 Å². The van der Waals surface area contributed by atoms with E-state index in [1.807, 2.05) is 24.3 Å². The van der Waals surface area contributed by atoms with Crippen molar-refractivity contribution >= 4 is 5.78 Å². The number of benzene rings is 1. The van der Waals surface area contributed by atoms with Crippen LogP contribution >= 0.6 is 0 Å². The Bertz CT molecular complexity index is 336. The highest BCUT2D eigenvalue weighted by molar-refractivity contribution is 5.99. The van der Waals surface area contributed by atoms with Crippen molar-refractivity contribution in [1.82, 2.24) is 0 Å². The Kier molecular flexibility index (Phi) is 3.17. The summed E-state index contributed by atoms with van der Waals surface area (Å²) in [4.78, 5) is 11.7. The number of hydrogen-bond donors (Lipinski definition) is 0. The van der Waals surface area contributed by atoms with Crippen molar-refractivity contribution in [3.63, 3.8) is 0 Å². The van der Waals surface area contributed by atoms with E-state index in [4.69, 9.17) is 4.74 Å². The third kappa shape index (κ3) is 2.66. The number of ether oxygens (including phenoxy) is 1. The molecule has 0 unspecified atom stereocenters. The number of carbonyl (C=O) groups excluding carboxylic acids is 1. The van der Waals surface area contributed by atoms with E-state index in [9.17, 15) is 4.79 Å². The first-order valence-corrected chi connectivity index (χ1v) is 5.43. The number of rotatable bonds is 5. The van der Waals surface area contributed by atoms with Gasteiger partial charge in [0.25, 0.3) is 0 Å². The number of Topliss-reactive ketones (excluding diaryl/α,β-unsaturated/α-hetero) is 1. The summed E-state index contributed by atoms with van der Waals surface area (Å²) >= 11 is 0. The molecule has 1 aromatic carbocycles. The standard InChI is InChI=1S/C13H16O2/c1-15-9-8-10-2-4-11(5-3-10)13(14)12-6-7-12/h2-5,12H,6-9H2,1H3. The van der Waals surface area contributed by atoms with Crippen LogP contribution < -0.4 is 0 Å². The molecule has 2 heteroatoms. The molecule has 0 N–H and O–H groups in total. The molecule has 1 aliphatic rings. The van der Waals surface area contributed by atoms with Gasteiger partial charge in [-0.25, -0.2) is 0 Å². The second-order valence-electron chi connectivity index (χ2n) is 4.08. The summed E-state index contributed by atoms with van der Waals surface area (Å²) in [6.45, 7) is 0.732. The molecule has 1 saturated carbocycles. The Hall–Kier alpha value is -1.15. The smallest absolute Gasteiger partial charge is 0.165 e. The average Bonchev–Trinajstić information content (AvgIpc) is 3.10. The Balaban J connectivity index is 1.99. The largest absolute Gasteiger partial charge is 0.384 e. The third-order valence-electron chi connectivity index (χ3n) is 2.78. The normalized spacial score (nSPS) is 15.3. The van der Waals surface area contributed by atoms with Crippen LogP contribution in [0.4, 0.5) is 0 Å². The molecule has 1 aliphatic carbocycles. The van der Waals surface area contributed by atoms with Crippen LogP contribution in [0.25, 0.3) is 0 Å². The summed E-state index contributed by atoms with van der Waals surface area (Å²) in [7, 11) is 1.70. The Morgan fingerprint density at radius 2 is 2.00 bits per heavy atom. The Morgan fingerprint density at radius 3 is 2.53 bits per heavy atom. The van der Waals surface area contributed by atoms with Crippen molar-refractivity contribution in [2.75, 3.05) is 13.7 Å². The predicted molar refractivity (Wildman–Crippen MR) is 59.1 cm³/mol. The summed E-state index contributed by atoms with van der Waals surface area (Å²) in [6.07, 6.45) is 3.06. The zero-order valence-corrected chi connectivity index (χ0v) is 9.03.